The van der Waals surface area contributed by atoms with E-state index in [1.165, 1.54) is 18.2 Å². The van der Waals surface area contributed by atoms with Gasteiger partial charge in [-0.05, 0) is 43.1 Å². The Balaban J connectivity index is 1.53. The Morgan fingerprint density at radius 2 is 1.89 bits per heavy atom. The van der Waals surface area contributed by atoms with Gasteiger partial charge in [0, 0.05) is 35.8 Å². The van der Waals surface area contributed by atoms with Gasteiger partial charge >= 0.3 is 0 Å². The van der Waals surface area contributed by atoms with E-state index in [2.05, 4.69) is 15.1 Å². The molecule has 1 aliphatic rings. The zero-order valence-electron chi connectivity index (χ0n) is 14.8. The van der Waals surface area contributed by atoms with Gasteiger partial charge in [-0.3, -0.25) is 10.00 Å². The monoisotopic (exact) mass is 371 g/mol. The molecule has 0 aliphatic carbocycles. The first-order valence-corrected chi connectivity index (χ1v) is 9.06. The first-order chi connectivity index (χ1) is 13.1. The lowest BCUT2D eigenvalue weighted by Crippen LogP contribution is -2.34. The highest BCUT2D eigenvalue weighted by atomic mass is 19.2. The number of piperidine rings is 1. The molecule has 6 heteroatoms. The molecule has 0 radical (unpaired) electrons. The predicted molar refractivity (Wildman–Crippen MR) is 97.6 cm³/mol. The van der Waals surface area contributed by atoms with Crippen LogP contribution in [0.25, 0.3) is 11.1 Å². The summed E-state index contributed by atoms with van der Waals surface area (Å²) in [6.45, 7) is 1.94. The third-order valence-electron chi connectivity index (χ3n) is 5.16. The second kappa shape index (κ2) is 7.56. The number of hydrogen-bond acceptors (Lipinski definition) is 2. The smallest absolute Gasteiger partial charge is 0.163 e. The van der Waals surface area contributed by atoms with Crippen LogP contribution in [0.2, 0.25) is 0 Å². The van der Waals surface area contributed by atoms with E-state index in [0.29, 0.717) is 12.1 Å². The number of halogens is 3. The van der Waals surface area contributed by atoms with Gasteiger partial charge < -0.3 is 0 Å². The maximum atomic E-state index is 14.0. The van der Waals surface area contributed by atoms with E-state index in [1.807, 2.05) is 0 Å². The lowest BCUT2D eigenvalue weighted by Gasteiger charge is -2.32. The van der Waals surface area contributed by atoms with Crippen LogP contribution in [0, 0.1) is 17.5 Å². The van der Waals surface area contributed by atoms with Crippen LogP contribution in [0.3, 0.4) is 0 Å². The van der Waals surface area contributed by atoms with Gasteiger partial charge in [-0.25, -0.2) is 13.2 Å². The molecule has 1 aromatic heterocycles. The first-order valence-electron chi connectivity index (χ1n) is 9.06. The van der Waals surface area contributed by atoms with Crippen molar-refractivity contribution in [3.05, 3.63) is 77.4 Å². The molecule has 1 saturated heterocycles. The number of likely N-dealkylation sites (tertiary alicyclic amines) is 1. The average Bonchev–Trinajstić information content (AvgIpc) is 3.16. The van der Waals surface area contributed by atoms with Crippen LogP contribution >= 0.6 is 0 Å². The molecule has 0 unspecified atom stereocenters. The minimum absolute atomic E-state index is 0.206. The Hall–Kier alpha value is -2.60. The second-order valence-corrected chi connectivity index (χ2v) is 6.99. The van der Waals surface area contributed by atoms with Crippen LogP contribution in [0.4, 0.5) is 13.2 Å². The van der Waals surface area contributed by atoms with Crippen LogP contribution in [0.5, 0.6) is 0 Å². The Bertz CT molecular complexity index is 921. The summed E-state index contributed by atoms with van der Waals surface area (Å²) in [5.74, 6) is -1.65. The summed E-state index contributed by atoms with van der Waals surface area (Å²) in [6.07, 6.45) is 3.70. The van der Waals surface area contributed by atoms with Gasteiger partial charge in [0.05, 0.1) is 6.20 Å². The molecule has 0 bridgehead atoms. The molecule has 3 aromatic rings. The molecular formula is C21H20F3N3. The summed E-state index contributed by atoms with van der Waals surface area (Å²) >= 11 is 0. The predicted octanol–water partition coefficient (Wildman–Crippen LogP) is 4.87. The summed E-state index contributed by atoms with van der Waals surface area (Å²) in [7, 11) is 0. The van der Waals surface area contributed by atoms with Gasteiger partial charge in [-0.1, -0.05) is 24.3 Å². The zero-order valence-corrected chi connectivity index (χ0v) is 14.8. The highest BCUT2D eigenvalue weighted by Crippen LogP contribution is 2.33. The SMILES string of the molecule is Fc1ccc(-c2cn[nH]c2[C@@H]2CCCN(Cc3cccc(F)c3F)C2)cc1. The summed E-state index contributed by atoms with van der Waals surface area (Å²) in [4.78, 5) is 2.14. The summed E-state index contributed by atoms with van der Waals surface area (Å²) in [5, 5.41) is 7.27. The van der Waals surface area contributed by atoms with E-state index in [4.69, 9.17) is 0 Å². The van der Waals surface area contributed by atoms with Crippen LogP contribution in [0.1, 0.15) is 30.0 Å². The van der Waals surface area contributed by atoms with Crippen molar-refractivity contribution in [2.45, 2.75) is 25.3 Å². The van der Waals surface area contributed by atoms with Gasteiger partial charge in [0.25, 0.3) is 0 Å². The van der Waals surface area contributed by atoms with Crippen molar-refractivity contribution >= 4 is 0 Å². The van der Waals surface area contributed by atoms with Crippen LogP contribution < -0.4 is 0 Å². The van der Waals surface area contributed by atoms with E-state index in [1.54, 1.807) is 24.4 Å². The lowest BCUT2D eigenvalue weighted by molar-refractivity contribution is 0.196. The van der Waals surface area contributed by atoms with Crippen molar-refractivity contribution in [3.63, 3.8) is 0 Å². The van der Waals surface area contributed by atoms with Crippen molar-refractivity contribution in [1.82, 2.24) is 15.1 Å². The van der Waals surface area contributed by atoms with E-state index < -0.39 is 11.6 Å². The highest BCUT2D eigenvalue weighted by molar-refractivity contribution is 5.65. The van der Waals surface area contributed by atoms with E-state index in [9.17, 15) is 13.2 Å². The highest BCUT2D eigenvalue weighted by Gasteiger charge is 2.26. The molecule has 1 atom stereocenters. The summed E-state index contributed by atoms with van der Waals surface area (Å²) < 4.78 is 40.7. The molecule has 4 rings (SSSR count). The number of aromatic amines is 1. The fourth-order valence-electron chi connectivity index (χ4n) is 3.81. The lowest BCUT2D eigenvalue weighted by atomic mass is 9.90. The van der Waals surface area contributed by atoms with E-state index >= 15 is 0 Å². The fraction of sp³-hybridized carbons (Fsp3) is 0.286. The fourth-order valence-corrected chi connectivity index (χ4v) is 3.81. The normalized spacial score (nSPS) is 18.0. The van der Waals surface area contributed by atoms with Crippen molar-refractivity contribution < 1.29 is 13.2 Å². The van der Waals surface area contributed by atoms with E-state index in [0.717, 1.165) is 48.8 Å². The van der Waals surface area contributed by atoms with Gasteiger partial charge in [0.2, 0.25) is 0 Å². The number of nitrogens with one attached hydrogen (secondary N) is 1. The molecule has 0 saturated carbocycles. The van der Waals surface area contributed by atoms with Gasteiger partial charge in [0.15, 0.2) is 11.6 Å². The number of benzene rings is 2. The summed E-state index contributed by atoms with van der Waals surface area (Å²) in [5.41, 5.74) is 3.25. The Labute approximate surface area is 155 Å². The summed E-state index contributed by atoms with van der Waals surface area (Å²) in [6, 6.07) is 10.7. The molecule has 2 heterocycles. The first kappa shape index (κ1) is 17.8. The third-order valence-corrected chi connectivity index (χ3v) is 5.16. The van der Waals surface area contributed by atoms with Crippen LogP contribution in [-0.2, 0) is 6.54 Å². The Morgan fingerprint density at radius 3 is 2.70 bits per heavy atom. The molecule has 27 heavy (non-hydrogen) atoms. The van der Waals surface area contributed by atoms with Gasteiger partial charge in [0.1, 0.15) is 5.82 Å². The Morgan fingerprint density at radius 1 is 1.07 bits per heavy atom. The standard InChI is InChI=1S/C21H20F3N3/c22-17-8-6-14(7-9-17)18-11-25-26-21(18)16-4-2-10-27(13-16)12-15-3-1-5-19(23)20(15)24/h1,3,5-9,11,16H,2,4,10,12-13H2,(H,25,26)/t16-/m1/s1. The molecule has 140 valence electrons. The molecule has 0 spiro atoms. The van der Waals surface area contributed by atoms with Crippen molar-refractivity contribution in [3.8, 4) is 11.1 Å². The molecule has 1 aliphatic heterocycles. The second-order valence-electron chi connectivity index (χ2n) is 6.99. The van der Waals surface area contributed by atoms with Gasteiger partial charge in [-0.15, -0.1) is 0 Å². The van der Waals surface area contributed by atoms with E-state index in [-0.39, 0.29) is 11.7 Å². The quantitative estimate of drug-likeness (QED) is 0.709. The van der Waals surface area contributed by atoms with Crippen molar-refractivity contribution in [2.24, 2.45) is 0 Å². The minimum atomic E-state index is -0.812. The minimum Gasteiger partial charge on any atom is -0.298 e. The number of nitrogens with zero attached hydrogens (tertiary/aromatic N) is 2. The molecule has 3 nitrogen and oxygen atoms in total. The van der Waals surface area contributed by atoms with Crippen molar-refractivity contribution in [1.29, 1.82) is 0 Å². The number of hydrogen-bond donors (Lipinski definition) is 1. The third kappa shape index (κ3) is 3.76. The van der Waals surface area contributed by atoms with Gasteiger partial charge in [-0.2, -0.15) is 5.10 Å². The maximum Gasteiger partial charge on any atom is 0.163 e. The molecule has 0 amide bonds. The molecule has 1 fully saturated rings. The number of aromatic nitrogens is 2. The number of rotatable bonds is 4. The molecule has 1 N–H and O–H groups in total. The topological polar surface area (TPSA) is 31.9 Å². The molecule has 2 aromatic carbocycles. The average molecular weight is 371 g/mol. The Kier molecular flexibility index (Phi) is 4.99. The molecular weight excluding hydrogens is 351 g/mol. The van der Waals surface area contributed by atoms with Crippen LogP contribution in [-0.4, -0.2) is 28.2 Å². The zero-order chi connectivity index (χ0) is 18.8. The van der Waals surface area contributed by atoms with Crippen molar-refractivity contribution in [2.75, 3.05) is 13.1 Å². The maximum absolute atomic E-state index is 14.0. The number of H-pyrrole nitrogens is 1. The largest absolute Gasteiger partial charge is 0.298 e. The van der Waals surface area contributed by atoms with Crippen LogP contribution in [0.15, 0.2) is 48.7 Å².